The van der Waals surface area contributed by atoms with Crippen LogP contribution >= 0.6 is 0 Å². The summed E-state index contributed by atoms with van der Waals surface area (Å²) in [6.45, 7) is 0. The fourth-order valence-electron chi connectivity index (χ4n) is 2.32. The molecule has 0 radical (unpaired) electrons. The summed E-state index contributed by atoms with van der Waals surface area (Å²) in [7, 11) is 0. The molecule has 0 amide bonds. The smallest absolute Gasteiger partial charge is 0.299 e. The van der Waals surface area contributed by atoms with Gasteiger partial charge in [-0.2, -0.15) is 0 Å². The van der Waals surface area contributed by atoms with Gasteiger partial charge in [0, 0.05) is 29.3 Å². The number of anilines is 2. The number of aromatic nitrogens is 3. The quantitative estimate of drug-likeness (QED) is 0.611. The molecule has 2 aromatic carbocycles. The van der Waals surface area contributed by atoms with E-state index in [4.69, 9.17) is 4.42 Å². The predicted molar refractivity (Wildman–Crippen MR) is 88.8 cm³/mol. The molecule has 0 unspecified atom stereocenters. The summed E-state index contributed by atoms with van der Waals surface area (Å²) in [6, 6.07) is 18.3. The minimum atomic E-state index is 0.472. The van der Waals surface area contributed by atoms with E-state index in [1.807, 2.05) is 65.4 Å². The van der Waals surface area contributed by atoms with Crippen LogP contribution in [-0.4, -0.2) is 14.5 Å². The molecule has 0 fully saturated rings. The molecule has 0 atom stereocenters. The summed E-state index contributed by atoms with van der Waals surface area (Å²) < 4.78 is 7.69. The molecule has 5 nitrogen and oxygen atoms in total. The summed E-state index contributed by atoms with van der Waals surface area (Å²) >= 11 is 0. The Morgan fingerprint density at radius 3 is 2.52 bits per heavy atom. The Balaban J connectivity index is 1.51. The SMILES string of the molecule is c1ccc(-c2cnc(Nc3ccc(-n4ccnc4)cc3)o2)cc1. The number of hydrogen-bond acceptors (Lipinski definition) is 4. The van der Waals surface area contributed by atoms with E-state index in [9.17, 15) is 0 Å². The number of oxazole rings is 1. The lowest BCUT2D eigenvalue weighted by Crippen LogP contribution is -1.92. The Kier molecular flexibility index (Phi) is 3.37. The lowest BCUT2D eigenvalue weighted by Gasteiger charge is -2.05. The zero-order valence-corrected chi connectivity index (χ0v) is 12.3. The van der Waals surface area contributed by atoms with Crippen molar-refractivity contribution in [3.8, 4) is 17.0 Å². The zero-order valence-electron chi connectivity index (χ0n) is 12.3. The van der Waals surface area contributed by atoms with E-state index in [-0.39, 0.29) is 0 Å². The van der Waals surface area contributed by atoms with Gasteiger partial charge in [0.15, 0.2) is 5.76 Å². The van der Waals surface area contributed by atoms with Crippen molar-refractivity contribution >= 4 is 11.7 Å². The Bertz CT molecular complexity index is 880. The van der Waals surface area contributed by atoms with Crippen LogP contribution in [0, 0.1) is 0 Å². The summed E-state index contributed by atoms with van der Waals surface area (Å²) in [4.78, 5) is 8.31. The average molecular weight is 302 g/mol. The average Bonchev–Trinajstić information content (AvgIpc) is 3.28. The monoisotopic (exact) mass is 302 g/mol. The Labute approximate surface area is 133 Å². The van der Waals surface area contributed by atoms with Gasteiger partial charge >= 0.3 is 0 Å². The molecule has 23 heavy (non-hydrogen) atoms. The molecule has 2 aromatic heterocycles. The number of imidazole rings is 1. The predicted octanol–water partition coefficient (Wildman–Crippen LogP) is 4.27. The van der Waals surface area contributed by atoms with Crippen molar-refractivity contribution in [2.24, 2.45) is 0 Å². The minimum absolute atomic E-state index is 0.472. The maximum Gasteiger partial charge on any atom is 0.299 e. The first-order valence-corrected chi connectivity index (χ1v) is 7.25. The molecule has 2 heterocycles. The molecule has 0 aliphatic heterocycles. The van der Waals surface area contributed by atoms with E-state index >= 15 is 0 Å². The van der Waals surface area contributed by atoms with Crippen molar-refractivity contribution in [1.82, 2.24) is 14.5 Å². The molecular weight excluding hydrogens is 288 g/mol. The molecule has 0 aliphatic rings. The highest BCUT2D eigenvalue weighted by Crippen LogP contribution is 2.24. The Morgan fingerprint density at radius 2 is 1.78 bits per heavy atom. The van der Waals surface area contributed by atoms with E-state index in [1.165, 1.54) is 0 Å². The standard InChI is InChI=1S/C18H14N4O/c1-2-4-14(5-3-1)17-12-20-18(23-17)21-15-6-8-16(9-7-15)22-11-10-19-13-22/h1-13H,(H,20,21). The van der Waals surface area contributed by atoms with Crippen LogP contribution in [0.15, 0.2) is 83.9 Å². The second-order valence-electron chi connectivity index (χ2n) is 5.04. The van der Waals surface area contributed by atoms with Crippen LogP contribution in [0.2, 0.25) is 0 Å². The number of benzene rings is 2. The largest absolute Gasteiger partial charge is 0.423 e. The van der Waals surface area contributed by atoms with Gasteiger partial charge in [0.05, 0.1) is 12.5 Å². The van der Waals surface area contributed by atoms with Gasteiger partial charge in [-0.25, -0.2) is 9.97 Å². The van der Waals surface area contributed by atoms with Crippen LogP contribution in [0.25, 0.3) is 17.0 Å². The summed E-state index contributed by atoms with van der Waals surface area (Å²) in [5.41, 5.74) is 2.96. The van der Waals surface area contributed by atoms with Gasteiger partial charge in [0.2, 0.25) is 0 Å². The molecule has 1 N–H and O–H groups in total. The minimum Gasteiger partial charge on any atom is -0.423 e. The van der Waals surface area contributed by atoms with Crippen molar-refractivity contribution in [3.63, 3.8) is 0 Å². The first-order chi connectivity index (χ1) is 11.4. The zero-order chi connectivity index (χ0) is 15.5. The van der Waals surface area contributed by atoms with E-state index in [0.717, 1.165) is 22.7 Å². The van der Waals surface area contributed by atoms with E-state index in [0.29, 0.717) is 6.01 Å². The lowest BCUT2D eigenvalue weighted by molar-refractivity contribution is 0.592. The third-order valence-corrected chi connectivity index (χ3v) is 3.49. The third-order valence-electron chi connectivity index (χ3n) is 3.49. The fraction of sp³-hybridized carbons (Fsp3) is 0. The van der Waals surface area contributed by atoms with Crippen molar-refractivity contribution in [3.05, 3.63) is 79.5 Å². The van der Waals surface area contributed by atoms with E-state index < -0.39 is 0 Å². The van der Waals surface area contributed by atoms with Crippen molar-refractivity contribution < 1.29 is 4.42 Å². The van der Waals surface area contributed by atoms with Gasteiger partial charge in [-0.05, 0) is 24.3 Å². The first kappa shape index (κ1) is 13.3. The van der Waals surface area contributed by atoms with Gasteiger partial charge in [0.1, 0.15) is 0 Å². The number of nitrogens with one attached hydrogen (secondary N) is 1. The molecule has 4 aromatic rings. The summed E-state index contributed by atoms with van der Waals surface area (Å²) in [5.74, 6) is 0.739. The first-order valence-electron chi connectivity index (χ1n) is 7.25. The Morgan fingerprint density at radius 1 is 0.957 bits per heavy atom. The number of nitrogens with zero attached hydrogens (tertiary/aromatic N) is 3. The van der Waals surface area contributed by atoms with Crippen molar-refractivity contribution in [2.75, 3.05) is 5.32 Å². The maximum atomic E-state index is 5.74. The van der Waals surface area contributed by atoms with Crippen LogP contribution < -0.4 is 5.32 Å². The molecule has 0 spiro atoms. The van der Waals surface area contributed by atoms with Gasteiger partial charge in [-0.1, -0.05) is 30.3 Å². The maximum absolute atomic E-state index is 5.74. The van der Waals surface area contributed by atoms with Gasteiger partial charge in [-0.3, -0.25) is 0 Å². The summed E-state index contributed by atoms with van der Waals surface area (Å²) in [6.07, 6.45) is 7.15. The van der Waals surface area contributed by atoms with Crippen molar-refractivity contribution in [2.45, 2.75) is 0 Å². The molecule has 0 bridgehead atoms. The van der Waals surface area contributed by atoms with Crippen LogP contribution in [0.3, 0.4) is 0 Å². The third kappa shape index (κ3) is 2.85. The van der Waals surface area contributed by atoms with Crippen LogP contribution in [0.1, 0.15) is 0 Å². The highest BCUT2D eigenvalue weighted by Gasteiger charge is 2.06. The Hall–Kier alpha value is -3.34. The molecule has 0 saturated carbocycles. The van der Waals surface area contributed by atoms with E-state index in [2.05, 4.69) is 15.3 Å². The van der Waals surface area contributed by atoms with Crippen molar-refractivity contribution in [1.29, 1.82) is 0 Å². The van der Waals surface area contributed by atoms with Crippen LogP contribution in [-0.2, 0) is 0 Å². The van der Waals surface area contributed by atoms with Crippen LogP contribution in [0.5, 0.6) is 0 Å². The topological polar surface area (TPSA) is 55.9 Å². The molecule has 5 heteroatoms. The molecule has 0 saturated heterocycles. The summed E-state index contributed by atoms with van der Waals surface area (Å²) in [5, 5.41) is 3.16. The van der Waals surface area contributed by atoms with Gasteiger partial charge in [0.25, 0.3) is 6.01 Å². The molecular formula is C18H14N4O. The highest BCUT2D eigenvalue weighted by molar-refractivity contribution is 5.60. The number of hydrogen-bond donors (Lipinski definition) is 1. The van der Waals surface area contributed by atoms with Gasteiger partial charge < -0.3 is 14.3 Å². The second kappa shape index (κ2) is 5.81. The highest BCUT2D eigenvalue weighted by atomic mass is 16.4. The fourth-order valence-corrected chi connectivity index (χ4v) is 2.32. The molecule has 4 rings (SSSR count). The second-order valence-corrected chi connectivity index (χ2v) is 5.04. The molecule has 0 aliphatic carbocycles. The van der Waals surface area contributed by atoms with Gasteiger partial charge in [-0.15, -0.1) is 0 Å². The molecule has 112 valence electrons. The van der Waals surface area contributed by atoms with Crippen LogP contribution in [0.4, 0.5) is 11.7 Å². The normalized spacial score (nSPS) is 10.6. The number of rotatable bonds is 4. The van der Waals surface area contributed by atoms with E-state index in [1.54, 1.807) is 18.7 Å². The lowest BCUT2D eigenvalue weighted by atomic mass is 10.2.